The smallest absolute Gasteiger partial charge is 0.309 e. The molecule has 4 heteroatoms. The second kappa shape index (κ2) is 9.08. The number of hydrogen-bond acceptors (Lipinski definition) is 2. The van der Waals surface area contributed by atoms with Crippen LogP contribution in [0.1, 0.15) is 52.7 Å². The molecule has 0 atom stereocenters. The fourth-order valence-electron chi connectivity index (χ4n) is 6.32. The van der Waals surface area contributed by atoms with E-state index >= 15 is 0 Å². The maximum absolute atomic E-state index is 6.63. The van der Waals surface area contributed by atoms with E-state index in [1.165, 1.54) is 69.8 Å². The monoisotopic (exact) mass is 550 g/mol. The summed E-state index contributed by atoms with van der Waals surface area (Å²) in [6.45, 7) is 13.6. The molecule has 0 amide bonds. The van der Waals surface area contributed by atoms with Crippen LogP contribution in [-0.4, -0.2) is 20.9 Å². The molecule has 7 rings (SSSR count). The van der Waals surface area contributed by atoms with Gasteiger partial charge in [0.2, 0.25) is 0 Å². The van der Waals surface area contributed by atoms with Crippen molar-refractivity contribution in [2.24, 2.45) is 0 Å². The van der Waals surface area contributed by atoms with Gasteiger partial charge in [-0.2, -0.15) is 0 Å². The summed E-state index contributed by atoms with van der Waals surface area (Å²) < 4.78 is 9.34. The highest BCUT2D eigenvalue weighted by Crippen LogP contribution is 2.50. The van der Waals surface area contributed by atoms with Crippen LogP contribution in [0.3, 0.4) is 0 Å². The molecule has 1 aromatic heterocycles. The second-order valence-electron chi connectivity index (χ2n) is 13.8. The number of hydrogen-bond donors (Lipinski definition) is 0. The fourth-order valence-corrected chi connectivity index (χ4v) is 7.67. The number of benzene rings is 5. The van der Waals surface area contributed by atoms with Gasteiger partial charge >= 0.3 is 7.48 Å². The van der Waals surface area contributed by atoms with Crippen LogP contribution in [-0.2, 0) is 10.1 Å². The third-order valence-corrected chi connectivity index (χ3v) is 11.1. The minimum absolute atomic E-state index is 0.0329. The van der Waals surface area contributed by atoms with Crippen molar-refractivity contribution in [3.05, 3.63) is 102 Å². The van der Waals surface area contributed by atoms with Gasteiger partial charge in [0.1, 0.15) is 7.85 Å². The predicted octanol–water partition coefficient (Wildman–Crippen LogP) is 8.78. The quantitative estimate of drug-likeness (QED) is 0.195. The van der Waals surface area contributed by atoms with Crippen molar-refractivity contribution in [3.63, 3.8) is 0 Å². The van der Waals surface area contributed by atoms with Crippen LogP contribution in [0.2, 0.25) is 5.31 Å². The van der Waals surface area contributed by atoms with E-state index in [-0.39, 0.29) is 16.3 Å². The van der Waals surface area contributed by atoms with Crippen molar-refractivity contribution >= 4 is 63.1 Å². The van der Waals surface area contributed by atoms with Crippen molar-refractivity contribution in [1.82, 2.24) is 0 Å². The highest BCUT2D eigenvalue weighted by Gasteiger charge is 2.36. The number of thiophene rings is 1. The average molecular weight is 550 g/mol. The average Bonchev–Trinajstić information content (AvgIpc) is 3.44. The molecule has 1 aliphatic carbocycles. The van der Waals surface area contributed by atoms with Crippen LogP contribution < -0.4 is 5.46 Å². The van der Waals surface area contributed by atoms with Gasteiger partial charge in [-0.25, -0.2) is 0 Å². The van der Waals surface area contributed by atoms with Crippen LogP contribution in [0.5, 0.6) is 0 Å². The first kappa shape index (κ1) is 26.6. The summed E-state index contributed by atoms with van der Waals surface area (Å²) in [5.41, 5.74) is 9.07. The lowest BCUT2D eigenvalue weighted by molar-refractivity contribution is 0.0767. The Morgan fingerprint density at radius 3 is 2.22 bits per heavy atom. The molecule has 0 saturated heterocycles. The molecule has 1 heterocycles. The van der Waals surface area contributed by atoms with Crippen LogP contribution in [0.25, 0.3) is 53.2 Å². The predicted molar refractivity (Wildman–Crippen MR) is 184 cm³/mol. The van der Waals surface area contributed by atoms with Crippen molar-refractivity contribution in [2.45, 2.75) is 57.9 Å². The lowest BCUT2D eigenvalue weighted by atomic mass is 9.61. The normalized spacial score (nSPS) is 14.5. The Balaban J connectivity index is 1.45. The first-order valence-corrected chi connectivity index (χ1v) is 15.5. The summed E-state index contributed by atoms with van der Waals surface area (Å²) in [6.07, 6.45) is 0. The van der Waals surface area contributed by atoms with E-state index in [0.29, 0.717) is 7.48 Å². The molecular weight excluding hydrogens is 514 g/mol. The Morgan fingerprint density at radius 1 is 0.683 bits per heavy atom. The van der Waals surface area contributed by atoms with Crippen LogP contribution in [0.15, 0.2) is 91.0 Å². The van der Waals surface area contributed by atoms with Gasteiger partial charge in [-0.05, 0) is 69.4 Å². The van der Waals surface area contributed by atoms with E-state index in [1.54, 1.807) is 0 Å². The third kappa shape index (κ3) is 4.10. The molecule has 6 aromatic rings. The molecule has 0 unspecified atom stereocenters. The molecular formula is C37H36B2OS. The van der Waals surface area contributed by atoms with E-state index in [1.807, 2.05) is 11.3 Å². The Morgan fingerprint density at radius 2 is 1.41 bits per heavy atom. The van der Waals surface area contributed by atoms with Crippen molar-refractivity contribution in [3.8, 4) is 22.3 Å². The number of fused-ring (bicyclic) bond motifs is 8. The van der Waals surface area contributed by atoms with Gasteiger partial charge in [-0.15, -0.1) is 11.3 Å². The zero-order chi connectivity index (χ0) is 28.7. The molecule has 5 aromatic carbocycles. The van der Waals surface area contributed by atoms with Gasteiger partial charge in [-0.3, -0.25) is 0 Å². The van der Waals surface area contributed by atoms with Gasteiger partial charge in [0.05, 0.1) is 0 Å². The van der Waals surface area contributed by atoms with Gasteiger partial charge in [0.15, 0.2) is 0 Å². The molecule has 0 bridgehead atoms. The lowest BCUT2D eigenvalue weighted by Crippen LogP contribution is -2.40. The van der Waals surface area contributed by atoms with E-state index in [0.717, 1.165) is 0 Å². The molecule has 0 fully saturated rings. The Bertz CT molecular complexity index is 1990. The molecule has 202 valence electrons. The molecule has 0 spiro atoms. The molecule has 1 nitrogen and oxygen atoms in total. The van der Waals surface area contributed by atoms with Gasteiger partial charge in [0, 0.05) is 31.2 Å². The SMILES string of the molecule is BC(C)(C)C(C)(C)OBc1cc(-c2ccc3c(c2)C(C)(C)c2ccccc2-3)c2sc3c4ccccc4ccc3c2c1. The van der Waals surface area contributed by atoms with Crippen LogP contribution >= 0.6 is 11.3 Å². The van der Waals surface area contributed by atoms with Crippen LogP contribution in [0.4, 0.5) is 0 Å². The molecule has 0 N–H and O–H groups in total. The van der Waals surface area contributed by atoms with E-state index in [2.05, 4.69) is 140 Å². The van der Waals surface area contributed by atoms with E-state index < -0.39 is 0 Å². The van der Waals surface area contributed by atoms with E-state index in [9.17, 15) is 0 Å². The summed E-state index contributed by atoms with van der Waals surface area (Å²) in [5, 5.41) is 5.31. The minimum atomic E-state index is -0.252. The fraction of sp³-hybridized carbons (Fsp3) is 0.243. The van der Waals surface area contributed by atoms with Crippen molar-refractivity contribution < 1.29 is 4.65 Å². The standard InChI is InChI=1S/C37H36B2OS/c1-35(2)31-14-10-9-13-26(31)27-17-16-23(19-32(27)35)29-20-24(39-40-37(5,6)36(3,4)38)21-30-28-18-15-22-11-7-8-12-25(22)33(28)41-34(29)30/h7-21,39H,38H2,1-6H3. The summed E-state index contributed by atoms with van der Waals surface area (Å²) in [5.74, 6) is 0. The van der Waals surface area contributed by atoms with Gasteiger partial charge in [0.25, 0.3) is 0 Å². The highest BCUT2D eigenvalue weighted by molar-refractivity contribution is 7.27. The van der Waals surface area contributed by atoms with Crippen molar-refractivity contribution in [2.75, 3.05) is 0 Å². The first-order valence-electron chi connectivity index (χ1n) is 14.7. The third-order valence-electron chi connectivity index (χ3n) is 9.82. The first-order chi connectivity index (χ1) is 19.5. The summed E-state index contributed by atoms with van der Waals surface area (Å²) in [6, 6.07) is 34.1. The topological polar surface area (TPSA) is 9.23 Å². The number of rotatable bonds is 5. The van der Waals surface area contributed by atoms with Crippen molar-refractivity contribution in [1.29, 1.82) is 0 Å². The summed E-state index contributed by atoms with van der Waals surface area (Å²) >= 11 is 1.93. The molecule has 41 heavy (non-hydrogen) atoms. The Hall–Kier alpha value is -3.33. The van der Waals surface area contributed by atoms with E-state index in [4.69, 9.17) is 4.65 Å². The maximum atomic E-state index is 6.63. The summed E-state index contributed by atoms with van der Waals surface area (Å²) in [7, 11) is 2.84. The zero-order valence-electron chi connectivity index (χ0n) is 25.2. The summed E-state index contributed by atoms with van der Waals surface area (Å²) in [4.78, 5) is 0. The molecule has 0 aliphatic heterocycles. The lowest BCUT2D eigenvalue weighted by Gasteiger charge is -2.39. The Kier molecular flexibility index (Phi) is 5.88. The second-order valence-corrected chi connectivity index (χ2v) is 14.8. The largest absolute Gasteiger partial charge is 0.430 e. The zero-order valence-corrected chi connectivity index (χ0v) is 26.0. The molecule has 0 radical (unpaired) electrons. The van der Waals surface area contributed by atoms with Gasteiger partial charge in [-0.1, -0.05) is 118 Å². The molecule has 0 saturated carbocycles. The minimum Gasteiger partial charge on any atom is -0.430 e. The molecule has 1 aliphatic rings. The highest BCUT2D eigenvalue weighted by atomic mass is 32.1. The van der Waals surface area contributed by atoms with Gasteiger partial charge < -0.3 is 4.65 Å². The van der Waals surface area contributed by atoms with Crippen LogP contribution in [0, 0.1) is 0 Å². The Labute approximate surface area is 249 Å². The maximum Gasteiger partial charge on any atom is 0.309 e.